The van der Waals surface area contributed by atoms with Crippen molar-refractivity contribution < 1.29 is 9.59 Å². The molecule has 0 spiro atoms. The van der Waals surface area contributed by atoms with E-state index in [0.717, 1.165) is 33.6 Å². The van der Waals surface area contributed by atoms with Crippen LogP contribution in [0.3, 0.4) is 0 Å². The Bertz CT molecular complexity index is 1010. The molecule has 2 aromatic carbocycles. The minimum Gasteiger partial charge on any atom is -0.355 e. The second-order valence-electron chi connectivity index (χ2n) is 6.86. The highest BCUT2D eigenvalue weighted by molar-refractivity contribution is 7.18. The summed E-state index contributed by atoms with van der Waals surface area (Å²) in [5, 5.41) is 6.60. The largest absolute Gasteiger partial charge is 0.355 e. The fraction of sp³-hybridized carbons (Fsp3) is 0.286. The Kier molecular flexibility index (Phi) is 5.00. The van der Waals surface area contributed by atoms with Gasteiger partial charge in [0.1, 0.15) is 5.01 Å². The number of benzene rings is 2. The maximum atomic E-state index is 13.0. The summed E-state index contributed by atoms with van der Waals surface area (Å²) >= 11 is 1.65. The third kappa shape index (κ3) is 3.33. The van der Waals surface area contributed by atoms with Crippen molar-refractivity contribution >= 4 is 39.2 Å². The van der Waals surface area contributed by atoms with Crippen molar-refractivity contribution in [1.82, 2.24) is 15.2 Å². The first kappa shape index (κ1) is 18.4. The Morgan fingerprint density at radius 3 is 2.79 bits per heavy atom. The topological polar surface area (TPSA) is 74.3 Å². The van der Waals surface area contributed by atoms with Gasteiger partial charge in [-0.1, -0.05) is 18.2 Å². The van der Waals surface area contributed by atoms with Crippen LogP contribution in [0.15, 0.2) is 42.5 Å². The van der Waals surface area contributed by atoms with Crippen LogP contribution < -0.4 is 10.6 Å². The van der Waals surface area contributed by atoms with Gasteiger partial charge in [0.05, 0.1) is 16.3 Å². The van der Waals surface area contributed by atoms with Crippen LogP contribution in [-0.4, -0.2) is 35.4 Å². The van der Waals surface area contributed by atoms with Gasteiger partial charge in [0.15, 0.2) is 0 Å². The fourth-order valence-electron chi connectivity index (χ4n) is 3.64. The Hall–Kier alpha value is -2.93. The molecule has 2 heterocycles. The number of nitrogens with zero attached hydrogens (tertiary/aromatic N) is 2. The summed E-state index contributed by atoms with van der Waals surface area (Å²) in [6.07, 6.45) is 1.86. The van der Waals surface area contributed by atoms with Crippen LogP contribution in [0, 0.1) is 6.92 Å². The van der Waals surface area contributed by atoms with Gasteiger partial charge in [-0.25, -0.2) is 9.78 Å². The van der Waals surface area contributed by atoms with E-state index in [9.17, 15) is 9.59 Å². The van der Waals surface area contributed by atoms with E-state index in [4.69, 9.17) is 4.98 Å². The lowest BCUT2D eigenvalue weighted by Gasteiger charge is -2.24. The molecule has 28 heavy (non-hydrogen) atoms. The number of amides is 3. The number of aromatic nitrogens is 1. The minimum atomic E-state index is -0.165. The number of nitrogens with one attached hydrogen (secondary N) is 2. The van der Waals surface area contributed by atoms with E-state index in [1.165, 1.54) is 0 Å². The van der Waals surface area contributed by atoms with E-state index in [1.54, 1.807) is 30.5 Å². The highest BCUT2D eigenvalue weighted by Gasteiger charge is 2.32. The predicted octanol–water partition coefficient (Wildman–Crippen LogP) is 4.33. The third-order valence-corrected chi connectivity index (χ3v) is 6.29. The normalized spacial score (nSPS) is 16.4. The molecule has 1 atom stereocenters. The molecule has 1 aromatic heterocycles. The molecule has 1 aliphatic rings. The molecule has 0 saturated carbocycles. The van der Waals surface area contributed by atoms with E-state index >= 15 is 0 Å². The molecule has 6 nitrogen and oxygen atoms in total. The molecule has 1 fully saturated rings. The molecule has 3 aromatic rings. The predicted molar refractivity (Wildman–Crippen MR) is 112 cm³/mol. The Morgan fingerprint density at radius 1 is 1.18 bits per heavy atom. The molecule has 3 amide bonds. The zero-order valence-corrected chi connectivity index (χ0v) is 16.7. The molecule has 7 heteroatoms. The van der Waals surface area contributed by atoms with E-state index in [-0.39, 0.29) is 18.0 Å². The zero-order chi connectivity index (χ0) is 19.7. The van der Waals surface area contributed by atoms with E-state index < -0.39 is 0 Å². The van der Waals surface area contributed by atoms with Crippen LogP contribution in [0.1, 0.15) is 39.8 Å². The number of thiazole rings is 1. The summed E-state index contributed by atoms with van der Waals surface area (Å²) in [6, 6.07) is 13.2. The van der Waals surface area contributed by atoms with Crippen LogP contribution in [0.5, 0.6) is 0 Å². The van der Waals surface area contributed by atoms with Crippen LogP contribution in [0.25, 0.3) is 10.2 Å². The standard InChI is InChI=1S/C21H22N4O2S/c1-13-14(19(26)22-2)7-5-9-15(13)24-21(27)25-12-6-10-17(25)20-23-16-8-3-4-11-18(16)28-20/h3-5,7-9,11,17H,6,10,12H2,1-2H3,(H,22,26)(H,24,27). The second kappa shape index (κ2) is 7.59. The summed E-state index contributed by atoms with van der Waals surface area (Å²) in [5.41, 5.74) is 2.94. The zero-order valence-electron chi connectivity index (χ0n) is 15.9. The number of hydrogen-bond donors (Lipinski definition) is 2. The molecule has 1 unspecified atom stereocenters. The van der Waals surface area contributed by atoms with Crippen molar-refractivity contribution in [3.8, 4) is 0 Å². The van der Waals surface area contributed by atoms with Gasteiger partial charge in [-0.05, 0) is 49.6 Å². The number of anilines is 1. The van der Waals surface area contributed by atoms with Crippen molar-refractivity contribution in [3.05, 3.63) is 58.6 Å². The summed E-state index contributed by atoms with van der Waals surface area (Å²) in [5.74, 6) is -0.165. The first-order chi connectivity index (χ1) is 13.6. The van der Waals surface area contributed by atoms with Crippen LogP contribution in [0.2, 0.25) is 0 Å². The molecule has 0 bridgehead atoms. The summed E-state index contributed by atoms with van der Waals surface area (Å²) in [6.45, 7) is 2.54. The Balaban J connectivity index is 1.57. The highest BCUT2D eigenvalue weighted by Crippen LogP contribution is 2.36. The van der Waals surface area contributed by atoms with E-state index in [1.807, 2.05) is 36.1 Å². The molecule has 1 saturated heterocycles. The number of carbonyl (C=O) groups is 2. The van der Waals surface area contributed by atoms with Crippen LogP contribution in [0.4, 0.5) is 10.5 Å². The number of fused-ring (bicyclic) bond motifs is 1. The monoisotopic (exact) mass is 394 g/mol. The number of para-hydroxylation sites is 1. The molecule has 144 valence electrons. The lowest BCUT2D eigenvalue weighted by molar-refractivity contribution is 0.0962. The van der Waals surface area contributed by atoms with Gasteiger partial charge in [-0.3, -0.25) is 4.79 Å². The van der Waals surface area contributed by atoms with E-state index in [0.29, 0.717) is 17.8 Å². The smallest absolute Gasteiger partial charge is 0.322 e. The van der Waals surface area contributed by atoms with Gasteiger partial charge in [-0.15, -0.1) is 11.3 Å². The van der Waals surface area contributed by atoms with Crippen molar-refractivity contribution in [3.63, 3.8) is 0 Å². The average molecular weight is 395 g/mol. The SMILES string of the molecule is CNC(=O)c1cccc(NC(=O)N2CCCC2c2nc3ccccc3s2)c1C. The number of urea groups is 1. The van der Waals surface area contributed by atoms with Crippen molar-refractivity contribution in [2.45, 2.75) is 25.8 Å². The quantitative estimate of drug-likeness (QED) is 0.694. The molecule has 1 aliphatic heterocycles. The number of likely N-dealkylation sites (tertiary alicyclic amines) is 1. The van der Waals surface area contributed by atoms with E-state index in [2.05, 4.69) is 16.7 Å². The number of carbonyl (C=O) groups excluding carboxylic acids is 2. The van der Waals surface area contributed by atoms with Gasteiger partial charge in [0.25, 0.3) is 5.91 Å². The third-order valence-electron chi connectivity index (χ3n) is 5.16. The summed E-state index contributed by atoms with van der Waals surface area (Å²) in [7, 11) is 1.60. The lowest BCUT2D eigenvalue weighted by atomic mass is 10.1. The summed E-state index contributed by atoms with van der Waals surface area (Å²) in [4.78, 5) is 31.6. The molecular formula is C21H22N4O2S. The number of rotatable bonds is 3. The molecule has 2 N–H and O–H groups in total. The van der Waals surface area contributed by atoms with Crippen molar-refractivity contribution in [2.24, 2.45) is 0 Å². The van der Waals surface area contributed by atoms with Gasteiger partial charge in [0.2, 0.25) is 0 Å². The van der Waals surface area contributed by atoms with Crippen molar-refractivity contribution in [1.29, 1.82) is 0 Å². The average Bonchev–Trinajstić information content (AvgIpc) is 3.35. The van der Waals surface area contributed by atoms with Crippen LogP contribution >= 0.6 is 11.3 Å². The first-order valence-electron chi connectivity index (χ1n) is 9.33. The molecular weight excluding hydrogens is 372 g/mol. The summed E-state index contributed by atoms with van der Waals surface area (Å²) < 4.78 is 1.14. The van der Waals surface area contributed by atoms with Gasteiger partial charge >= 0.3 is 6.03 Å². The van der Waals surface area contributed by atoms with Gasteiger partial charge in [-0.2, -0.15) is 0 Å². The Morgan fingerprint density at radius 2 is 2.00 bits per heavy atom. The fourth-order valence-corrected chi connectivity index (χ4v) is 4.75. The first-order valence-corrected chi connectivity index (χ1v) is 10.1. The van der Waals surface area contributed by atoms with Crippen LogP contribution in [-0.2, 0) is 0 Å². The maximum absolute atomic E-state index is 13.0. The Labute approximate surface area is 167 Å². The van der Waals surface area contributed by atoms with Gasteiger partial charge in [0, 0.05) is 24.8 Å². The maximum Gasteiger partial charge on any atom is 0.322 e. The lowest BCUT2D eigenvalue weighted by Crippen LogP contribution is -2.34. The molecule has 0 radical (unpaired) electrons. The second-order valence-corrected chi connectivity index (χ2v) is 7.92. The molecule has 4 rings (SSSR count). The molecule has 0 aliphatic carbocycles. The van der Waals surface area contributed by atoms with Crippen molar-refractivity contribution in [2.75, 3.05) is 18.9 Å². The number of hydrogen-bond acceptors (Lipinski definition) is 4. The minimum absolute atomic E-state index is 0.0140. The van der Waals surface area contributed by atoms with Gasteiger partial charge < -0.3 is 15.5 Å². The highest BCUT2D eigenvalue weighted by atomic mass is 32.1.